The van der Waals surface area contributed by atoms with E-state index in [-0.39, 0.29) is 11.8 Å². The molecule has 0 bridgehead atoms. The lowest BCUT2D eigenvalue weighted by Gasteiger charge is -2.08. The van der Waals surface area contributed by atoms with E-state index >= 15 is 0 Å². The van der Waals surface area contributed by atoms with Gasteiger partial charge in [-0.25, -0.2) is 0 Å². The monoisotopic (exact) mass is 286 g/mol. The topological polar surface area (TPSA) is 76.1 Å². The van der Waals surface area contributed by atoms with Crippen LogP contribution < -0.4 is 15.4 Å². The Morgan fingerprint density at radius 3 is 2.48 bits per heavy atom. The predicted octanol–water partition coefficient (Wildman–Crippen LogP) is 2.82. The van der Waals surface area contributed by atoms with Crippen LogP contribution in [0.2, 0.25) is 0 Å². The highest BCUT2D eigenvalue weighted by molar-refractivity contribution is 5.91. The normalized spacial score (nSPS) is 10.3. The van der Waals surface area contributed by atoms with Gasteiger partial charge in [-0.05, 0) is 24.3 Å². The Hall–Kier alpha value is -2.63. The highest BCUT2D eigenvalue weighted by Crippen LogP contribution is 2.20. The minimum atomic E-state index is -0.0959. The number of aromatic nitrogens is 2. The molecule has 0 spiro atoms. The summed E-state index contributed by atoms with van der Waals surface area (Å²) in [7, 11) is 1.62. The minimum Gasteiger partial charge on any atom is -0.497 e. The van der Waals surface area contributed by atoms with Crippen molar-refractivity contribution in [3.05, 3.63) is 36.4 Å². The van der Waals surface area contributed by atoms with Gasteiger partial charge in [-0.3, -0.25) is 4.79 Å². The van der Waals surface area contributed by atoms with Crippen molar-refractivity contribution in [3.8, 4) is 5.75 Å². The second-order valence-corrected chi connectivity index (χ2v) is 4.80. The molecule has 0 saturated carbocycles. The zero-order valence-electron chi connectivity index (χ0n) is 12.3. The van der Waals surface area contributed by atoms with E-state index in [9.17, 15) is 4.79 Å². The summed E-state index contributed by atoms with van der Waals surface area (Å²) in [6.07, 6.45) is 0. The molecule has 1 amide bonds. The lowest BCUT2D eigenvalue weighted by Crippen LogP contribution is -2.18. The van der Waals surface area contributed by atoms with Crippen LogP contribution in [-0.4, -0.2) is 23.2 Å². The summed E-state index contributed by atoms with van der Waals surface area (Å²) in [5.74, 6) is 1.60. The lowest BCUT2D eigenvalue weighted by atomic mass is 10.2. The molecule has 110 valence electrons. The first-order chi connectivity index (χ1) is 10.1. The average Bonchev–Trinajstić information content (AvgIpc) is 2.49. The van der Waals surface area contributed by atoms with Crippen molar-refractivity contribution in [1.29, 1.82) is 0 Å². The van der Waals surface area contributed by atoms with Gasteiger partial charge in [0.1, 0.15) is 5.75 Å². The van der Waals surface area contributed by atoms with Crippen LogP contribution in [0, 0.1) is 5.92 Å². The van der Waals surface area contributed by atoms with E-state index in [0.29, 0.717) is 11.6 Å². The molecule has 2 aromatic rings. The number of rotatable bonds is 5. The molecule has 0 saturated heterocycles. The molecule has 0 atom stereocenters. The Morgan fingerprint density at radius 1 is 1.14 bits per heavy atom. The molecule has 0 aliphatic carbocycles. The fraction of sp³-hybridized carbons (Fsp3) is 0.267. The first-order valence-corrected chi connectivity index (χ1v) is 6.64. The lowest BCUT2D eigenvalue weighted by molar-refractivity contribution is -0.118. The second kappa shape index (κ2) is 6.69. The highest BCUT2D eigenvalue weighted by Gasteiger charge is 2.08. The van der Waals surface area contributed by atoms with Gasteiger partial charge in [0.2, 0.25) is 5.91 Å². The number of hydrogen-bond donors (Lipinski definition) is 2. The maximum atomic E-state index is 11.6. The molecular formula is C15H18N4O2. The van der Waals surface area contributed by atoms with Crippen LogP contribution in [0.1, 0.15) is 13.8 Å². The van der Waals surface area contributed by atoms with Gasteiger partial charge >= 0.3 is 0 Å². The van der Waals surface area contributed by atoms with E-state index in [1.54, 1.807) is 19.2 Å². The van der Waals surface area contributed by atoms with Crippen LogP contribution in [0.4, 0.5) is 17.3 Å². The van der Waals surface area contributed by atoms with Crippen LogP contribution in [0.25, 0.3) is 0 Å². The number of anilines is 3. The van der Waals surface area contributed by atoms with Crippen molar-refractivity contribution in [2.75, 3.05) is 17.7 Å². The molecule has 6 nitrogen and oxygen atoms in total. The SMILES string of the molecule is COc1cccc(Nc2ccc(NC(=O)C(C)C)nn2)c1. The Labute approximate surface area is 123 Å². The summed E-state index contributed by atoms with van der Waals surface area (Å²) in [6, 6.07) is 11.0. The highest BCUT2D eigenvalue weighted by atomic mass is 16.5. The standard InChI is InChI=1S/C15H18N4O2/c1-10(2)15(20)17-14-8-7-13(18-19-14)16-11-5-4-6-12(9-11)21-3/h4-10H,1-3H3,(H,16,18)(H,17,19,20). The van der Waals surface area contributed by atoms with Crippen LogP contribution in [0.15, 0.2) is 36.4 Å². The van der Waals surface area contributed by atoms with Crippen molar-refractivity contribution >= 4 is 23.2 Å². The Bertz CT molecular complexity index is 611. The fourth-order valence-corrected chi connectivity index (χ4v) is 1.58. The van der Waals surface area contributed by atoms with Crippen LogP contribution >= 0.6 is 0 Å². The summed E-state index contributed by atoms with van der Waals surface area (Å²) >= 11 is 0. The Kier molecular flexibility index (Phi) is 4.71. The maximum absolute atomic E-state index is 11.6. The maximum Gasteiger partial charge on any atom is 0.228 e. The van der Waals surface area contributed by atoms with Crippen LogP contribution in [0.3, 0.4) is 0 Å². The number of benzene rings is 1. The number of hydrogen-bond acceptors (Lipinski definition) is 5. The van der Waals surface area contributed by atoms with Gasteiger partial charge < -0.3 is 15.4 Å². The number of nitrogens with one attached hydrogen (secondary N) is 2. The van der Waals surface area contributed by atoms with Crippen LogP contribution in [-0.2, 0) is 4.79 Å². The summed E-state index contributed by atoms with van der Waals surface area (Å²) in [5.41, 5.74) is 0.850. The second-order valence-electron chi connectivity index (χ2n) is 4.80. The molecule has 21 heavy (non-hydrogen) atoms. The first kappa shape index (κ1) is 14.8. The fourth-order valence-electron chi connectivity index (χ4n) is 1.58. The zero-order chi connectivity index (χ0) is 15.2. The predicted molar refractivity (Wildman–Crippen MR) is 81.8 cm³/mol. The van der Waals surface area contributed by atoms with Crippen molar-refractivity contribution in [2.45, 2.75) is 13.8 Å². The van der Waals surface area contributed by atoms with Crippen molar-refractivity contribution in [1.82, 2.24) is 10.2 Å². The number of amides is 1. The van der Waals surface area contributed by atoms with Crippen molar-refractivity contribution in [3.63, 3.8) is 0 Å². The smallest absolute Gasteiger partial charge is 0.228 e. The molecular weight excluding hydrogens is 268 g/mol. The van der Waals surface area contributed by atoms with Gasteiger partial charge in [-0.2, -0.15) is 0 Å². The molecule has 1 heterocycles. The minimum absolute atomic E-state index is 0.0854. The number of carbonyl (C=O) groups excluding carboxylic acids is 1. The van der Waals surface area contributed by atoms with Gasteiger partial charge in [-0.15, -0.1) is 10.2 Å². The van der Waals surface area contributed by atoms with Gasteiger partial charge in [0, 0.05) is 17.7 Å². The average molecular weight is 286 g/mol. The van der Waals surface area contributed by atoms with E-state index in [2.05, 4.69) is 20.8 Å². The number of methoxy groups -OCH3 is 1. The van der Waals surface area contributed by atoms with E-state index in [1.807, 2.05) is 38.1 Å². The van der Waals surface area contributed by atoms with E-state index in [1.165, 1.54) is 0 Å². The Balaban J connectivity index is 2.03. The summed E-state index contributed by atoms with van der Waals surface area (Å²) < 4.78 is 5.15. The molecule has 0 radical (unpaired) electrons. The molecule has 0 unspecified atom stereocenters. The number of ether oxygens (including phenoxy) is 1. The number of nitrogens with zero attached hydrogens (tertiary/aromatic N) is 2. The van der Waals surface area contributed by atoms with Gasteiger partial charge in [0.25, 0.3) is 0 Å². The molecule has 1 aromatic carbocycles. The first-order valence-electron chi connectivity index (χ1n) is 6.64. The summed E-state index contributed by atoms with van der Waals surface area (Å²) in [6.45, 7) is 3.64. The Morgan fingerprint density at radius 2 is 1.86 bits per heavy atom. The van der Waals surface area contributed by atoms with Gasteiger partial charge in [0.15, 0.2) is 11.6 Å². The molecule has 0 aliphatic heterocycles. The van der Waals surface area contributed by atoms with E-state index < -0.39 is 0 Å². The molecule has 2 rings (SSSR count). The molecule has 0 aliphatic rings. The molecule has 0 fully saturated rings. The third kappa shape index (κ3) is 4.17. The van der Waals surface area contributed by atoms with Gasteiger partial charge in [0.05, 0.1) is 7.11 Å². The van der Waals surface area contributed by atoms with Gasteiger partial charge in [-0.1, -0.05) is 19.9 Å². The molecule has 1 aromatic heterocycles. The van der Waals surface area contributed by atoms with E-state index in [0.717, 1.165) is 11.4 Å². The molecule has 6 heteroatoms. The largest absolute Gasteiger partial charge is 0.497 e. The van der Waals surface area contributed by atoms with Crippen molar-refractivity contribution < 1.29 is 9.53 Å². The number of carbonyl (C=O) groups is 1. The van der Waals surface area contributed by atoms with Crippen LogP contribution in [0.5, 0.6) is 5.75 Å². The third-order valence-corrected chi connectivity index (χ3v) is 2.78. The molecule has 2 N–H and O–H groups in total. The zero-order valence-corrected chi connectivity index (χ0v) is 12.3. The van der Waals surface area contributed by atoms with Crippen molar-refractivity contribution in [2.24, 2.45) is 5.92 Å². The summed E-state index contributed by atoms with van der Waals surface area (Å²) in [5, 5.41) is 13.8. The quantitative estimate of drug-likeness (QED) is 0.884. The van der Waals surface area contributed by atoms with E-state index in [4.69, 9.17) is 4.74 Å². The summed E-state index contributed by atoms with van der Waals surface area (Å²) in [4.78, 5) is 11.6. The third-order valence-electron chi connectivity index (χ3n) is 2.78.